The van der Waals surface area contributed by atoms with Crippen LogP contribution in [0.5, 0.6) is 5.75 Å². The van der Waals surface area contributed by atoms with Crippen LogP contribution in [0.2, 0.25) is 0 Å². The van der Waals surface area contributed by atoms with E-state index in [0.717, 1.165) is 43.1 Å². The van der Waals surface area contributed by atoms with E-state index in [-0.39, 0.29) is 50.9 Å². The molecule has 4 rings (SSSR count). The summed E-state index contributed by atoms with van der Waals surface area (Å²) >= 11 is 8.95. The number of Topliss-reactive ketones (excluding diaryl/α,β-unsaturated/α-hetero) is 1. The van der Waals surface area contributed by atoms with Gasteiger partial charge in [-0.05, 0) is 111 Å². The van der Waals surface area contributed by atoms with Gasteiger partial charge in [0.2, 0.25) is 5.24 Å². The molecule has 0 radical (unpaired) electrons. The lowest BCUT2D eigenvalue weighted by molar-refractivity contribution is -0.159. The van der Waals surface area contributed by atoms with Gasteiger partial charge >= 0.3 is 35.8 Å². The average molecular weight is 1150 g/mol. The molecule has 0 amide bonds. The molecule has 0 fully saturated rings. The Labute approximate surface area is 460 Å². The molecular formula is C50H75ClN6O16S3. The van der Waals surface area contributed by atoms with E-state index in [9.17, 15) is 38.7 Å². The van der Waals surface area contributed by atoms with Crippen LogP contribution in [-0.2, 0) is 54.3 Å². The van der Waals surface area contributed by atoms with E-state index in [1.54, 1.807) is 51.3 Å². The summed E-state index contributed by atoms with van der Waals surface area (Å²) in [5, 5.41) is 38.4. The molecule has 0 spiro atoms. The first-order valence-electron chi connectivity index (χ1n) is 23.5. The number of rotatable bonds is 22. The fourth-order valence-electron chi connectivity index (χ4n) is 4.77. The van der Waals surface area contributed by atoms with Gasteiger partial charge in [0.15, 0.2) is 17.0 Å². The lowest BCUT2D eigenvalue weighted by atomic mass is 10.1. The lowest BCUT2D eigenvalue weighted by Crippen LogP contribution is -2.30. The van der Waals surface area contributed by atoms with Crippen LogP contribution in [0.1, 0.15) is 127 Å². The zero-order chi connectivity index (χ0) is 57.5. The number of halogens is 1. The molecule has 22 nitrogen and oxygen atoms in total. The number of hydrogen-bond donors (Lipinski definition) is 6. The number of ether oxygens (including phenoxy) is 4. The van der Waals surface area contributed by atoms with E-state index < -0.39 is 52.2 Å². The maximum Gasteiger partial charge on any atom is 0.414 e. The van der Waals surface area contributed by atoms with E-state index in [1.807, 2.05) is 42.8 Å². The number of ketones is 1. The van der Waals surface area contributed by atoms with Gasteiger partial charge in [-0.15, -0.1) is 34.0 Å². The average Bonchev–Trinajstić information content (AvgIpc) is 4.18. The monoisotopic (exact) mass is 1150 g/mol. The number of aromatic nitrogens is 2. The van der Waals surface area contributed by atoms with Gasteiger partial charge in [0.05, 0.1) is 41.1 Å². The number of hydrazine groups is 1. The van der Waals surface area contributed by atoms with Crippen molar-refractivity contribution in [1.29, 1.82) is 0 Å². The maximum absolute atomic E-state index is 12.5. The predicted molar refractivity (Wildman–Crippen MR) is 295 cm³/mol. The quantitative estimate of drug-likeness (QED) is 0.00414. The number of hydrazone groups is 1. The molecule has 4 heterocycles. The zero-order valence-electron chi connectivity index (χ0n) is 43.9. The van der Waals surface area contributed by atoms with Gasteiger partial charge in [-0.3, -0.25) is 30.4 Å². The molecule has 4 aromatic rings. The van der Waals surface area contributed by atoms with E-state index in [1.165, 1.54) is 38.7 Å². The van der Waals surface area contributed by atoms with Gasteiger partial charge < -0.3 is 39.7 Å². The van der Waals surface area contributed by atoms with Gasteiger partial charge in [0.1, 0.15) is 12.1 Å². The van der Waals surface area contributed by atoms with Crippen LogP contribution >= 0.6 is 45.6 Å². The molecule has 0 unspecified atom stereocenters. The molecule has 0 saturated carbocycles. The fourth-order valence-corrected chi connectivity index (χ4v) is 6.94. The number of hydrogen-bond acceptors (Lipinski definition) is 22. The number of carboxylic acids is 2. The first kappa shape index (κ1) is 73.9. The summed E-state index contributed by atoms with van der Waals surface area (Å²) in [5.74, 6) is -0.402. The molecule has 0 aliphatic carbocycles. The first-order valence-corrected chi connectivity index (χ1v) is 26.5. The van der Waals surface area contributed by atoms with Crippen molar-refractivity contribution in [3.63, 3.8) is 0 Å². The molecule has 0 bridgehead atoms. The van der Waals surface area contributed by atoms with Crippen molar-refractivity contribution in [2.45, 2.75) is 109 Å². The zero-order valence-corrected chi connectivity index (χ0v) is 47.1. The number of carboxylic acid groups (broad SMARTS) is 2. The van der Waals surface area contributed by atoms with Crippen molar-refractivity contribution < 1.29 is 72.6 Å². The lowest BCUT2D eigenvalue weighted by Gasteiger charge is -2.12. The normalized spacial score (nSPS) is 10.1. The van der Waals surface area contributed by atoms with Crippen molar-refractivity contribution in [3.05, 3.63) is 78.2 Å². The van der Waals surface area contributed by atoms with Gasteiger partial charge in [-0.25, -0.2) is 28.7 Å². The fraction of sp³-hybridized carbons (Fsp3) is 0.500. The van der Waals surface area contributed by atoms with Crippen LogP contribution in [0.4, 0.5) is 0 Å². The van der Waals surface area contributed by atoms with Crippen LogP contribution in [-0.4, -0.2) is 117 Å². The molecule has 0 aliphatic heterocycles. The minimum atomic E-state index is -1.82. The molecular weight excluding hydrogens is 1070 g/mol. The third-order valence-corrected chi connectivity index (χ3v) is 11.1. The summed E-state index contributed by atoms with van der Waals surface area (Å²) in [4.78, 5) is 98.8. The van der Waals surface area contributed by atoms with E-state index >= 15 is 0 Å². The second-order valence-electron chi connectivity index (χ2n) is 15.8. The number of aryl methyl sites for hydroxylation is 1. The Bertz CT molecular complexity index is 2380. The number of carbonyl (C=O) groups excluding carboxylic acids is 6. The number of carbonyl (C=O) groups is 8. The van der Waals surface area contributed by atoms with Gasteiger partial charge in [-0.2, -0.15) is 10.2 Å². The Kier molecular flexibility index (Phi) is 42.6. The van der Waals surface area contributed by atoms with Crippen molar-refractivity contribution in [1.82, 2.24) is 20.6 Å². The molecule has 426 valence electrons. The van der Waals surface area contributed by atoms with Gasteiger partial charge in [0.25, 0.3) is 11.3 Å². The van der Waals surface area contributed by atoms with Crippen LogP contribution in [0.15, 0.2) is 62.4 Å². The maximum atomic E-state index is 12.5. The Hall–Kier alpha value is -6.38. The number of thiophene rings is 3. The summed E-state index contributed by atoms with van der Waals surface area (Å²) in [5.41, 5.74) is 5.15. The Morgan fingerprint density at radius 3 is 1.62 bits per heavy atom. The third kappa shape index (κ3) is 33.5. The van der Waals surface area contributed by atoms with Crippen molar-refractivity contribution in [2.75, 3.05) is 39.5 Å². The van der Waals surface area contributed by atoms with Crippen LogP contribution < -0.4 is 22.3 Å². The number of nitrogens with zero attached hydrogens (tertiary/aromatic N) is 3. The summed E-state index contributed by atoms with van der Waals surface area (Å²) in [6, 6.07) is 10.7. The molecule has 0 saturated heterocycles. The first-order chi connectivity index (χ1) is 35.4. The minimum absolute atomic E-state index is 0. The second kappa shape index (κ2) is 43.8. The highest BCUT2D eigenvalue weighted by Crippen LogP contribution is 2.32. The number of aromatic hydroxyl groups is 1. The topological polar surface area (TPSA) is 331 Å². The summed E-state index contributed by atoms with van der Waals surface area (Å²) in [7, 11) is 0. The third-order valence-electron chi connectivity index (χ3n) is 8.37. The standard InChI is InChI=1S/C16H20N2O4S.C13H20N2O2S.C8H8O3S.C5H7ClO3.C5H14N2.C2H2O4.CH4/c1-4-22-16(21)12-14(19)13(11-6-5-9-23-11)17-18(15(12)20)8-7-10(2)3;1-4-17-13(16)12(11-6-5-9-18-11)15-14-8-7-10(2)3;1-2-11-8(10)7(9)6-4-3-5-12-6;1-2-9-5(8)3-4(6)7;1-5(2)3-4-7-6;3-1(4)2(5)6;/h5-6,9-10,19H,4,7-8H2,1-3H3;5-6,9-10,14H,4,7-8H2,1-3H3;3-5H,2H2,1H3;2-3H2,1H3;5,7H,3-4,6H2,1-2H3;(H,3,4)(H,5,6);1H4. The van der Waals surface area contributed by atoms with Gasteiger partial charge in [0, 0.05) is 19.6 Å². The second-order valence-corrected chi connectivity index (χ2v) is 19.1. The Morgan fingerprint density at radius 2 is 1.20 bits per heavy atom. The highest BCUT2D eigenvalue weighted by Gasteiger charge is 2.25. The highest BCUT2D eigenvalue weighted by atomic mass is 35.5. The minimum Gasteiger partial charge on any atom is -0.505 e. The number of nitrogens with one attached hydrogen (secondary N) is 2. The number of nitrogens with two attached hydrogens (primary N) is 1. The summed E-state index contributed by atoms with van der Waals surface area (Å²) in [6.45, 7) is 22.6. The van der Waals surface area contributed by atoms with E-state index in [2.05, 4.69) is 58.2 Å². The molecule has 4 aromatic heterocycles. The van der Waals surface area contributed by atoms with Crippen molar-refractivity contribution >= 4 is 98.2 Å². The number of esters is 4. The molecule has 0 aromatic carbocycles. The molecule has 76 heavy (non-hydrogen) atoms. The van der Waals surface area contributed by atoms with Crippen LogP contribution in [0, 0.1) is 17.8 Å². The predicted octanol–water partition coefficient (Wildman–Crippen LogP) is 8.04. The van der Waals surface area contributed by atoms with E-state index in [4.69, 9.17) is 46.7 Å². The summed E-state index contributed by atoms with van der Waals surface area (Å²) < 4.78 is 20.1. The largest absolute Gasteiger partial charge is 0.505 e. The Balaban J connectivity index is -0.000000897. The molecule has 0 atom stereocenters. The molecule has 26 heteroatoms. The SMILES string of the molecule is C.CC(C)CCNN.CCOC(=O)C(=NNCCC(C)C)c1cccs1.CCOC(=O)C(=O)c1cccs1.CCOC(=O)CC(=O)Cl.CCOC(=O)c1c(O)c(-c2cccs2)nn(CCC(C)C)c1=O.O=C(O)C(=O)O. The molecule has 0 aliphatic rings. The van der Waals surface area contributed by atoms with Gasteiger partial charge in [-0.1, -0.05) is 67.2 Å². The summed E-state index contributed by atoms with van der Waals surface area (Å²) in [6.07, 6.45) is 2.58. The van der Waals surface area contributed by atoms with Crippen molar-refractivity contribution in [2.24, 2.45) is 28.7 Å². The molecule has 7 N–H and O–H groups in total. The Morgan fingerprint density at radius 1 is 0.711 bits per heavy atom. The smallest absolute Gasteiger partial charge is 0.414 e. The number of aliphatic carboxylic acids is 2. The van der Waals surface area contributed by atoms with Crippen LogP contribution in [0.25, 0.3) is 10.6 Å². The van der Waals surface area contributed by atoms with E-state index in [0.29, 0.717) is 40.5 Å². The van der Waals surface area contributed by atoms with Crippen LogP contribution in [0.3, 0.4) is 0 Å². The highest BCUT2D eigenvalue weighted by molar-refractivity contribution is 7.13. The van der Waals surface area contributed by atoms with Crippen molar-refractivity contribution in [3.8, 4) is 16.3 Å².